The van der Waals surface area contributed by atoms with Gasteiger partial charge in [0.05, 0.1) is 4.90 Å². The average Bonchev–Trinajstić information content (AvgIpc) is 2.58. The molecule has 1 aromatic heterocycles. The van der Waals surface area contributed by atoms with Crippen LogP contribution in [0.3, 0.4) is 0 Å². The van der Waals surface area contributed by atoms with Crippen molar-refractivity contribution in [2.75, 3.05) is 6.54 Å². The third kappa shape index (κ3) is 2.73. The molecule has 0 spiro atoms. The third-order valence-corrected chi connectivity index (χ3v) is 5.88. The van der Waals surface area contributed by atoms with Crippen molar-refractivity contribution in [1.29, 1.82) is 0 Å². The standard InChI is InChI=1S/C11H15NO4S2/c1-7-10(5-9(17-7)11(13)14)18(15,16)12-6-8-3-2-4-8/h5,8,12H,2-4,6H2,1H3,(H,13,14). The van der Waals surface area contributed by atoms with Gasteiger partial charge in [-0.05, 0) is 31.7 Å². The predicted octanol–water partition coefficient (Wildman–Crippen LogP) is 1.83. The van der Waals surface area contributed by atoms with E-state index in [1.807, 2.05) is 0 Å². The molecule has 0 aliphatic heterocycles. The lowest BCUT2D eigenvalue weighted by Gasteiger charge is -2.25. The molecule has 100 valence electrons. The number of sulfonamides is 1. The molecule has 0 bridgehead atoms. The van der Waals surface area contributed by atoms with E-state index in [4.69, 9.17) is 5.11 Å². The Morgan fingerprint density at radius 3 is 2.67 bits per heavy atom. The summed E-state index contributed by atoms with van der Waals surface area (Å²) in [7, 11) is -3.58. The van der Waals surface area contributed by atoms with Crippen molar-refractivity contribution in [3.8, 4) is 0 Å². The highest BCUT2D eigenvalue weighted by Gasteiger charge is 2.24. The van der Waals surface area contributed by atoms with Crippen LogP contribution < -0.4 is 4.72 Å². The van der Waals surface area contributed by atoms with Gasteiger partial charge in [0, 0.05) is 11.4 Å². The molecule has 0 radical (unpaired) electrons. The molecule has 7 heteroatoms. The summed E-state index contributed by atoms with van der Waals surface area (Å²) in [6.45, 7) is 2.06. The van der Waals surface area contributed by atoms with Crippen LogP contribution in [0, 0.1) is 12.8 Å². The molecule has 0 aromatic carbocycles. The number of nitrogens with one attached hydrogen (secondary N) is 1. The highest BCUT2D eigenvalue weighted by atomic mass is 32.2. The number of carboxylic acid groups (broad SMARTS) is 1. The van der Waals surface area contributed by atoms with E-state index >= 15 is 0 Å². The molecule has 0 atom stereocenters. The highest BCUT2D eigenvalue weighted by Crippen LogP contribution is 2.28. The Hall–Kier alpha value is -0.920. The molecule has 2 N–H and O–H groups in total. The summed E-state index contributed by atoms with van der Waals surface area (Å²) in [5.74, 6) is -0.666. The second-order valence-electron chi connectivity index (χ2n) is 4.49. The Morgan fingerprint density at radius 2 is 2.22 bits per heavy atom. The first-order chi connectivity index (χ1) is 8.40. The topological polar surface area (TPSA) is 83.5 Å². The van der Waals surface area contributed by atoms with E-state index in [1.54, 1.807) is 6.92 Å². The third-order valence-electron chi connectivity index (χ3n) is 3.16. The zero-order valence-electron chi connectivity index (χ0n) is 9.97. The van der Waals surface area contributed by atoms with Crippen LogP contribution in [0.25, 0.3) is 0 Å². The van der Waals surface area contributed by atoms with Crippen molar-refractivity contribution in [3.63, 3.8) is 0 Å². The van der Waals surface area contributed by atoms with Crippen LogP contribution in [0.5, 0.6) is 0 Å². The van der Waals surface area contributed by atoms with E-state index in [9.17, 15) is 13.2 Å². The minimum absolute atomic E-state index is 0.0523. The summed E-state index contributed by atoms with van der Waals surface area (Å²) < 4.78 is 26.6. The average molecular weight is 289 g/mol. The molecule has 1 heterocycles. The summed E-state index contributed by atoms with van der Waals surface area (Å²) in [6.07, 6.45) is 3.28. The minimum atomic E-state index is -3.58. The number of thiophene rings is 1. The smallest absolute Gasteiger partial charge is 0.345 e. The van der Waals surface area contributed by atoms with Gasteiger partial charge in [0.25, 0.3) is 0 Å². The van der Waals surface area contributed by atoms with E-state index in [1.165, 1.54) is 6.07 Å². The number of aromatic carboxylic acids is 1. The second-order valence-corrected chi connectivity index (χ2v) is 7.48. The molecule has 0 amide bonds. The molecule has 1 aliphatic carbocycles. The number of rotatable bonds is 5. The zero-order chi connectivity index (χ0) is 13.3. The largest absolute Gasteiger partial charge is 0.477 e. The van der Waals surface area contributed by atoms with Crippen LogP contribution in [-0.4, -0.2) is 26.0 Å². The number of hydrogen-bond donors (Lipinski definition) is 2. The van der Waals surface area contributed by atoms with E-state index < -0.39 is 16.0 Å². The molecule has 1 aromatic rings. The summed E-state index contributed by atoms with van der Waals surface area (Å²) in [6, 6.07) is 1.23. The lowest BCUT2D eigenvalue weighted by molar-refractivity contribution is 0.0702. The maximum absolute atomic E-state index is 12.0. The summed E-state index contributed by atoms with van der Waals surface area (Å²) >= 11 is 0.985. The first-order valence-corrected chi connectivity index (χ1v) is 8.03. The SMILES string of the molecule is Cc1sc(C(=O)O)cc1S(=O)(=O)NCC1CCC1. The fraction of sp³-hybridized carbons (Fsp3) is 0.545. The highest BCUT2D eigenvalue weighted by molar-refractivity contribution is 7.89. The van der Waals surface area contributed by atoms with E-state index in [0.717, 1.165) is 30.6 Å². The molecule has 1 fully saturated rings. The van der Waals surface area contributed by atoms with Gasteiger partial charge in [-0.25, -0.2) is 17.9 Å². The van der Waals surface area contributed by atoms with Crippen LogP contribution in [0.2, 0.25) is 0 Å². The normalized spacial score (nSPS) is 16.5. The zero-order valence-corrected chi connectivity index (χ0v) is 11.6. The first-order valence-electron chi connectivity index (χ1n) is 5.73. The summed E-state index contributed by atoms with van der Waals surface area (Å²) in [5.41, 5.74) is 0. The van der Waals surface area contributed by atoms with Gasteiger partial charge in [0.2, 0.25) is 10.0 Å². The number of carboxylic acids is 1. The minimum Gasteiger partial charge on any atom is -0.477 e. The molecule has 1 aliphatic rings. The Morgan fingerprint density at radius 1 is 1.56 bits per heavy atom. The van der Waals surface area contributed by atoms with Gasteiger partial charge < -0.3 is 5.11 Å². The van der Waals surface area contributed by atoms with Gasteiger partial charge in [-0.1, -0.05) is 6.42 Å². The van der Waals surface area contributed by atoms with Gasteiger partial charge in [0.15, 0.2) is 0 Å². The van der Waals surface area contributed by atoms with E-state index in [2.05, 4.69) is 4.72 Å². The molecular weight excluding hydrogens is 274 g/mol. The van der Waals surface area contributed by atoms with Crippen LogP contribution >= 0.6 is 11.3 Å². The van der Waals surface area contributed by atoms with Gasteiger partial charge in [-0.15, -0.1) is 11.3 Å². The van der Waals surface area contributed by atoms with Gasteiger partial charge in [-0.3, -0.25) is 0 Å². The van der Waals surface area contributed by atoms with Crippen molar-refractivity contribution in [1.82, 2.24) is 4.72 Å². The Kier molecular flexibility index (Phi) is 3.74. The van der Waals surface area contributed by atoms with Gasteiger partial charge in [-0.2, -0.15) is 0 Å². The lowest BCUT2D eigenvalue weighted by Crippen LogP contribution is -2.32. The first kappa shape index (κ1) is 13.5. The maximum atomic E-state index is 12.0. The number of aryl methyl sites for hydroxylation is 1. The van der Waals surface area contributed by atoms with Crippen molar-refractivity contribution < 1.29 is 18.3 Å². The Balaban J connectivity index is 2.15. The summed E-state index contributed by atoms with van der Waals surface area (Å²) in [4.78, 5) is 11.5. The maximum Gasteiger partial charge on any atom is 0.345 e. The quantitative estimate of drug-likeness (QED) is 0.866. The molecule has 5 nitrogen and oxygen atoms in total. The van der Waals surface area contributed by atoms with E-state index in [-0.39, 0.29) is 9.77 Å². The predicted molar refractivity (Wildman–Crippen MR) is 68.5 cm³/mol. The molecule has 1 saturated carbocycles. The molecular formula is C11H15NO4S2. The number of hydrogen-bond acceptors (Lipinski definition) is 4. The lowest BCUT2D eigenvalue weighted by atomic mass is 9.86. The number of carbonyl (C=O) groups is 1. The van der Waals surface area contributed by atoms with Crippen molar-refractivity contribution in [3.05, 3.63) is 15.8 Å². The van der Waals surface area contributed by atoms with Gasteiger partial charge in [0.1, 0.15) is 4.88 Å². The molecule has 0 saturated heterocycles. The summed E-state index contributed by atoms with van der Waals surface area (Å²) in [5, 5.41) is 8.85. The van der Waals surface area contributed by atoms with Gasteiger partial charge >= 0.3 is 5.97 Å². The van der Waals surface area contributed by atoms with Crippen LogP contribution in [0.15, 0.2) is 11.0 Å². The van der Waals surface area contributed by atoms with Crippen molar-refractivity contribution in [2.45, 2.75) is 31.1 Å². The molecule has 0 unspecified atom stereocenters. The fourth-order valence-electron chi connectivity index (χ4n) is 1.84. The van der Waals surface area contributed by atoms with Crippen molar-refractivity contribution >= 4 is 27.3 Å². The molecule has 2 rings (SSSR count). The van der Waals surface area contributed by atoms with Crippen LogP contribution in [-0.2, 0) is 10.0 Å². The second kappa shape index (κ2) is 4.99. The molecule has 18 heavy (non-hydrogen) atoms. The monoisotopic (exact) mass is 289 g/mol. The van der Waals surface area contributed by atoms with Crippen molar-refractivity contribution in [2.24, 2.45) is 5.92 Å². The Bertz CT molecular complexity index is 558. The van der Waals surface area contributed by atoms with Crippen LogP contribution in [0.1, 0.15) is 33.8 Å². The van der Waals surface area contributed by atoms with Crippen LogP contribution in [0.4, 0.5) is 0 Å². The van der Waals surface area contributed by atoms with E-state index in [0.29, 0.717) is 17.3 Å². The Labute approximate surface area is 110 Å². The fourth-order valence-corrected chi connectivity index (χ4v) is 4.38.